The van der Waals surface area contributed by atoms with Crippen molar-refractivity contribution in [2.75, 3.05) is 0 Å². The van der Waals surface area contributed by atoms with E-state index in [-0.39, 0.29) is 5.92 Å². The lowest BCUT2D eigenvalue weighted by Crippen LogP contribution is -2.93. The summed E-state index contributed by atoms with van der Waals surface area (Å²) >= 11 is 0. The summed E-state index contributed by atoms with van der Waals surface area (Å²) in [6.07, 6.45) is 6.11. The van der Waals surface area contributed by atoms with Crippen molar-refractivity contribution in [1.82, 2.24) is 0 Å². The lowest BCUT2D eigenvalue weighted by Gasteiger charge is -2.26. The Morgan fingerprint density at radius 3 is 2.07 bits per heavy atom. The Morgan fingerprint density at radius 1 is 0.933 bits per heavy atom. The summed E-state index contributed by atoms with van der Waals surface area (Å²) in [5, 5.41) is 2.36. The average molecular weight is 214 g/mol. The summed E-state index contributed by atoms with van der Waals surface area (Å²) in [5.41, 5.74) is -0.533. The van der Waals surface area contributed by atoms with Gasteiger partial charge in [0.15, 0.2) is 0 Å². The van der Waals surface area contributed by atoms with E-state index < -0.39 is 11.3 Å². The minimum absolute atomic E-state index is 0.221. The smallest absolute Gasteiger partial charge is 0.258 e. The number of halogens is 2. The quantitative estimate of drug-likeness (QED) is 0.682. The molecule has 1 spiro atoms. The normalized spacial score (nSPS) is 56.0. The minimum atomic E-state index is -2.30. The van der Waals surface area contributed by atoms with Crippen molar-refractivity contribution in [1.29, 1.82) is 0 Å². The summed E-state index contributed by atoms with van der Waals surface area (Å²) in [5.74, 6) is -2.14. The molecule has 3 heteroatoms. The molecule has 1 nitrogen and oxygen atoms in total. The van der Waals surface area contributed by atoms with Crippen molar-refractivity contribution in [2.45, 2.75) is 56.5 Å². The zero-order chi connectivity index (χ0) is 10.3. The summed E-state index contributed by atoms with van der Waals surface area (Å²) in [7, 11) is 0. The molecule has 2 aliphatic heterocycles. The molecular formula is C12H18F2N+. The maximum Gasteiger partial charge on any atom is 0.258 e. The standard InChI is InChI=1S/C12H17F2N/c13-12(14)10(7-1-2-7)11(12)5-8-3-4-9(6-11)15-8/h7-10,15H,1-6H2/p+1/t8-,9?,10?,11?/m1/s1. The van der Waals surface area contributed by atoms with Crippen LogP contribution in [0.1, 0.15) is 38.5 Å². The average Bonchev–Trinajstić information content (AvgIpc) is 3.01. The van der Waals surface area contributed by atoms with E-state index in [2.05, 4.69) is 5.32 Å². The van der Waals surface area contributed by atoms with Gasteiger partial charge in [-0.3, -0.25) is 0 Å². The SMILES string of the molecule is FC1(F)C(C2CC2)C12CC1CC[C@H](C2)[NH2+]1. The Labute approximate surface area is 88.6 Å². The summed E-state index contributed by atoms with van der Waals surface area (Å²) in [6, 6.07) is 1.05. The van der Waals surface area contributed by atoms with Crippen LogP contribution in [0, 0.1) is 17.3 Å². The number of alkyl halides is 2. The largest absolute Gasteiger partial charge is 0.341 e. The van der Waals surface area contributed by atoms with E-state index in [1.165, 1.54) is 12.8 Å². The molecule has 0 aromatic heterocycles. The molecular weight excluding hydrogens is 196 g/mol. The third kappa shape index (κ3) is 0.961. The van der Waals surface area contributed by atoms with E-state index in [1.807, 2.05) is 0 Å². The first-order valence-electron chi connectivity index (χ1n) is 6.36. The molecule has 4 atom stereocenters. The van der Waals surface area contributed by atoms with Gasteiger partial charge in [0.05, 0.1) is 17.5 Å². The van der Waals surface area contributed by atoms with Crippen LogP contribution in [0.3, 0.4) is 0 Å². The Kier molecular flexibility index (Phi) is 1.42. The highest BCUT2D eigenvalue weighted by atomic mass is 19.3. The van der Waals surface area contributed by atoms with Gasteiger partial charge in [0, 0.05) is 31.6 Å². The van der Waals surface area contributed by atoms with E-state index in [0.717, 1.165) is 25.7 Å². The van der Waals surface area contributed by atoms with Gasteiger partial charge in [0.2, 0.25) is 0 Å². The van der Waals surface area contributed by atoms with Crippen LogP contribution in [0.25, 0.3) is 0 Å². The zero-order valence-corrected chi connectivity index (χ0v) is 8.89. The van der Waals surface area contributed by atoms with Crippen LogP contribution in [-0.4, -0.2) is 18.0 Å². The van der Waals surface area contributed by atoms with Crippen LogP contribution < -0.4 is 5.32 Å². The van der Waals surface area contributed by atoms with Crippen LogP contribution in [-0.2, 0) is 0 Å². The molecule has 2 aliphatic carbocycles. The predicted octanol–water partition coefficient (Wildman–Crippen LogP) is 1.54. The van der Waals surface area contributed by atoms with Gasteiger partial charge in [-0.05, 0) is 18.8 Å². The minimum Gasteiger partial charge on any atom is -0.341 e. The van der Waals surface area contributed by atoms with E-state index in [9.17, 15) is 8.78 Å². The lowest BCUT2D eigenvalue weighted by atomic mass is 9.85. The number of quaternary nitrogens is 1. The zero-order valence-electron chi connectivity index (χ0n) is 8.89. The molecule has 2 saturated heterocycles. The predicted molar refractivity (Wildman–Crippen MR) is 51.6 cm³/mol. The molecule has 0 amide bonds. The monoisotopic (exact) mass is 214 g/mol. The van der Waals surface area contributed by atoms with Gasteiger partial charge < -0.3 is 5.32 Å². The van der Waals surface area contributed by atoms with E-state index in [1.54, 1.807) is 0 Å². The van der Waals surface area contributed by atoms with Gasteiger partial charge in [0.1, 0.15) is 0 Å². The summed E-state index contributed by atoms with van der Waals surface area (Å²) < 4.78 is 28.0. The van der Waals surface area contributed by atoms with Crippen LogP contribution in [0.5, 0.6) is 0 Å². The second-order valence-electron chi connectivity index (χ2n) is 6.29. The van der Waals surface area contributed by atoms with Crippen molar-refractivity contribution in [3.63, 3.8) is 0 Å². The first-order chi connectivity index (χ1) is 7.13. The van der Waals surface area contributed by atoms with Crippen molar-refractivity contribution < 1.29 is 14.1 Å². The molecule has 2 heterocycles. The highest BCUT2D eigenvalue weighted by molar-refractivity contribution is 5.23. The number of hydrogen-bond donors (Lipinski definition) is 1. The second-order valence-corrected chi connectivity index (χ2v) is 6.29. The van der Waals surface area contributed by atoms with Crippen molar-refractivity contribution in [3.8, 4) is 0 Å². The van der Waals surface area contributed by atoms with Gasteiger partial charge in [-0.1, -0.05) is 0 Å². The van der Waals surface area contributed by atoms with Crippen LogP contribution in [0.15, 0.2) is 0 Å². The number of hydrogen-bond acceptors (Lipinski definition) is 0. The molecule has 0 radical (unpaired) electrons. The Hall–Kier alpha value is -0.180. The van der Waals surface area contributed by atoms with Crippen molar-refractivity contribution in [3.05, 3.63) is 0 Å². The molecule has 0 aromatic carbocycles. The number of piperidine rings is 1. The highest BCUT2D eigenvalue weighted by Gasteiger charge is 2.84. The molecule has 84 valence electrons. The van der Waals surface area contributed by atoms with E-state index in [4.69, 9.17) is 0 Å². The molecule has 3 unspecified atom stereocenters. The number of nitrogens with two attached hydrogens (primary N) is 1. The van der Waals surface area contributed by atoms with Crippen LogP contribution >= 0.6 is 0 Å². The number of fused-ring (bicyclic) bond motifs is 2. The Morgan fingerprint density at radius 2 is 1.53 bits per heavy atom. The molecule has 2 N–H and O–H groups in total. The van der Waals surface area contributed by atoms with E-state index in [0.29, 0.717) is 18.0 Å². The third-order valence-electron chi connectivity index (χ3n) is 5.37. The maximum absolute atomic E-state index is 14.0. The Balaban J connectivity index is 1.65. The fourth-order valence-electron chi connectivity index (χ4n) is 4.61. The van der Waals surface area contributed by atoms with Crippen LogP contribution in [0.4, 0.5) is 8.78 Å². The molecule has 15 heavy (non-hydrogen) atoms. The van der Waals surface area contributed by atoms with Gasteiger partial charge in [-0.25, -0.2) is 8.78 Å². The van der Waals surface area contributed by atoms with Crippen LogP contribution in [0.2, 0.25) is 0 Å². The van der Waals surface area contributed by atoms with Gasteiger partial charge in [-0.15, -0.1) is 0 Å². The Bertz CT molecular complexity index is 299. The summed E-state index contributed by atoms with van der Waals surface area (Å²) in [6.45, 7) is 0. The van der Waals surface area contributed by atoms with Gasteiger partial charge in [-0.2, -0.15) is 0 Å². The second kappa shape index (κ2) is 2.39. The molecule has 4 aliphatic rings. The maximum atomic E-state index is 14.0. The molecule has 2 bridgehead atoms. The highest BCUT2D eigenvalue weighted by Crippen LogP contribution is 2.77. The number of rotatable bonds is 1. The fraction of sp³-hybridized carbons (Fsp3) is 1.00. The van der Waals surface area contributed by atoms with Crippen molar-refractivity contribution >= 4 is 0 Å². The fourth-order valence-corrected chi connectivity index (χ4v) is 4.61. The molecule has 4 fully saturated rings. The van der Waals surface area contributed by atoms with Gasteiger partial charge >= 0.3 is 0 Å². The molecule has 2 saturated carbocycles. The molecule has 4 rings (SSSR count). The topological polar surface area (TPSA) is 16.6 Å². The van der Waals surface area contributed by atoms with Crippen molar-refractivity contribution in [2.24, 2.45) is 17.3 Å². The first-order valence-corrected chi connectivity index (χ1v) is 6.36. The molecule has 0 aromatic rings. The first kappa shape index (κ1) is 8.91. The van der Waals surface area contributed by atoms with Gasteiger partial charge in [0.25, 0.3) is 5.92 Å². The summed E-state index contributed by atoms with van der Waals surface area (Å²) in [4.78, 5) is 0. The lowest BCUT2D eigenvalue weighted by molar-refractivity contribution is -0.714. The third-order valence-corrected chi connectivity index (χ3v) is 5.37. The van der Waals surface area contributed by atoms with E-state index >= 15 is 0 Å².